The number of likely N-dealkylation sites (tertiary alicyclic amines) is 1. The lowest BCUT2D eigenvalue weighted by Crippen LogP contribution is -2.53. The number of rotatable bonds is 4. The molecular formula is C14H26N2O3. The lowest BCUT2D eigenvalue weighted by atomic mass is 9.81. The number of aliphatic carboxylic acids is 1. The van der Waals surface area contributed by atoms with E-state index >= 15 is 0 Å². The van der Waals surface area contributed by atoms with E-state index < -0.39 is 12.0 Å². The van der Waals surface area contributed by atoms with Gasteiger partial charge in [0.15, 0.2) is 0 Å². The molecule has 2 amide bonds. The van der Waals surface area contributed by atoms with Crippen LogP contribution in [0, 0.1) is 11.3 Å². The first kappa shape index (κ1) is 15.8. The molecule has 0 aromatic rings. The molecular weight excluding hydrogens is 244 g/mol. The van der Waals surface area contributed by atoms with Crippen LogP contribution in [-0.2, 0) is 4.79 Å². The van der Waals surface area contributed by atoms with Crippen molar-refractivity contribution in [1.82, 2.24) is 10.2 Å². The van der Waals surface area contributed by atoms with Gasteiger partial charge < -0.3 is 15.3 Å². The van der Waals surface area contributed by atoms with Crippen molar-refractivity contribution in [2.45, 2.75) is 53.0 Å². The number of amides is 2. The summed E-state index contributed by atoms with van der Waals surface area (Å²) in [5.41, 5.74) is 0.00413. The number of carbonyl (C=O) groups is 2. The third-order valence-corrected chi connectivity index (χ3v) is 4.31. The predicted molar refractivity (Wildman–Crippen MR) is 74.0 cm³/mol. The second kappa shape index (κ2) is 6.26. The molecule has 0 spiro atoms. The van der Waals surface area contributed by atoms with Gasteiger partial charge in [-0.3, -0.25) is 0 Å². The van der Waals surface area contributed by atoms with E-state index in [1.54, 1.807) is 0 Å². The molecule has 5 nitrogen and oxygen atoms in total. The molecule has 0 aliphatic carbocycles. The van der Waals surface area contributed by atoms with E-state index in [1.807, 2.05) is 0 Å². The van der Waals surface area contributed by atoms with Gasteiger partial charge in [0.1, 0.15) is 6.04 Å². The number of hydrogen-bond donors (Lipinski definition) is 2. The zero-order chi connectivity index (χ0) is 14.6. The van der Waals surface area contributed by atoms with Gasteiger partial charge in [0.25, 0.3) is 0 Å². The van der Waals surface area contributed by atoms with Crippen LogP contribution >= 0.6 is 0 Å². The van der Waals surface area contributed by atoms with Gasteiger partial charge in [0.2, 0.25) is 0 Å². The Bertz CT molecular complexity index is 340. The Balaban J connectivity index is 2.59. The van der Waals surface area contributed by atoms with Crippen LogP contribution in [0.1, 0.15) is 47.0 Å². The van der Waals surface area contributed by atoms with Gasteiger partial charge in [-0.15, -0.1) is 0 Å². The van der Waals surface area contributed by atoms with Gasteiger partial charge in [-0.25, -0.2) is 9.59 Å². The van der Waals surface area contributed by atoms with E-state index in [9.17, 15) is 9.59 Å². The van der Waals surface area contributed by atoms with Crippen molar-refractivity contribution < 1.29 is 14.7 Å². The molecule has 0 saturated carbocycles. The highest BCUT2D eigenvalue weighted by Gasteiger charge is 2.32. The van der Waals surface area contributed by atoms with Crippen molar-refractivity contribution in [3.8, 4) is 0 Å². The largest absolute Gasteiger partial charge is 0.480 e. The molecule has 0 aromatic heterocycles. The van der Waals surface area contributed by atoms with Gasteiger partial charge in [0, 0.05) is 13.1 Å². The molecule has 1 heterocycles. The molecule has 19 heavy (non-hydrogen) atoms. The summed E-state index contributed by atoms with van der Waals surface area (Å²) in [5.74, 6) is -0.456. The third kappa shape index (κ3) is 4.11. The number of nitrogens with one attached hydrogen (secondary N) is 1. The number of urea groups is 1. The molecule has 1 unspecified atom stereocenters. The molecule has 0 radical (unpaired) electrons. The summed E-state index contributed by atoms with van der Waals surface area (Å²) in [6, 6.07) is -0.920. The second-order valence-electron chi connectivity index (χ2n) is 6.35. The third-order valence-electron chi connectivity index (χ3n) is 4.31. The minimum Gasteiger partial charge on any atom is -0.480 e. The van der Waals surface area contributed by atoms with Crippen LogP contribution in [0.3, 0.4) is 0 Å². The van der Waals surface area contributed by atoms with Crippen LogP contribution in [0.5, 0.6) is 0 Å². The van der Waals surface area contributed by atoms with Crippen LogP contribution in [0.4, 0.5) is 4.79 Å². The molecule has 1 aliphatic rings. The number of hydrogen-bond acceptors (Lipinski definition) is 2. The Morgan fingerprint density at radius 2 is 2.00 bits per heavy atom. The minimum atomic E-state index is -0.905. The van der Waals surface area contributed by atoms with Gasteiger partial charge in [-0.05, 0) is 30.6 Å². The number of nitrogens with zero attached hydrogens (tertiary/aromatic N) is 1. The van der Waals surface area contributed by atoms with E-state index in [1.165, 1.54) is 4.90 Å². The molecule has 0 aromatic carbocycles. The van der Waals surface area contributed by atoms with E-state index in [2.05, 4.69) is 33.0 Å². The van der Waals surface area contributed by atoms with Crippen molar-refractivity contribution in [3.63, 3.8) is 0 Å². The Kier molecular flexibility index (Phi) is 5.20. The van der Waals surface area contributed by atoms with Gasteiger partial charge in [0.05, 0.1) is 0 Å². The van der Waals surface area contributed by atoms with Crippen molar-refractivity contribution in [3.05, 3.63) is 0 Å². The highest BCUT2D eigenvalue weighted by Crippen LogP contribution is 2.25. The number of carboxylic acid groups (broad SMARTS) is 1. The van der Waals surface area contributed by atoms with E-state index in [-0.39, 0.29) is 11.4 Å². The lowest BCUT2D eigenvalue weighted by Gasteiger charge is -2.35. The van der Waals surface area contributed by atoms with E-state index in [0.29, 0.717) is 25.4 Å². The summed E-state index contributed by atoms with van der Waals surface area (Å²) >= 11 is 0. The SMILES string of the molecule is CC(C)C(C)(C)CNC(=O)N1CCCCC1C(=O)O. The van der Waals surface area contributed by atoms with Gasteiger partial charge in [-0.2, -0.15) is 0 Å². The predicted octanol–water partition coefficient (Wildman–Crippen LogP) is 2.32. The van der Waals surface area contributed by atoms with E-state index in [4.69, 9.17) is 5.11 Å². The van der Waals surface area contributed by atoms with Crippen LogP contribution in [0.2, 0.25) is 0 Å². The molecule has 0 bridgehead atoms. The summed E-state index contributed by atoms with van der Waals surface area (Å²) in [4.78, 5) is 24.8. The Morgan fingerprint density at radius 3 is 2.53 bits per heavy atom. The average Bonchev–Trinajstić information content (AvgIpc) is 2.35. The molecule has 1 fully saturated rings. The fraction of sp³-hybridized carbons (Fsp3) is 0.857. The molecule has 1 aliphatic heterocycles. The smallest absolute Gasteiger partial charge is 0.326 e. The van der Waals surface area contributed by atoms with Crippen molar-refractivity contribution in [1.29, 1.82) is 0 Å². The summed E-state index contributed by atoms with van der Waals surface area (Å²) in [5, 5.41) is 12.0. The molecule has 1 saturated heterocycles. The first-order chi connectivity index (χ1) is 8.75. The summed E-state index contributed by atoms with van der Waals surface area (Å²) < 4.78 is 0. The van der Waals surface area contributed by atoms with Crippen LogP contribution in [-0.4, -0.2) is 41.1 Å². The van der Waals surface area contributed by atoms with Crippen LogP contribution < -0.4 is 5.32 Å². The highest BCUT2D eigenvalue weighted by molar-refractivity contribution is 5.82. The zero-order valence-electron chi connectivity index (χ0n) is 12.4. The van der Waals surface area contributed by atoms with Gasteiger partial charge in [-0.1, -0.05) is 27.7 Å². The normalized spacial score (nSPS) is 20.5. The maximum atomic E-state index is 12.1. The maximum absolute atomic E-state index is 12.1. The van der Waals surface area contributed by atoms with Crippen LogP contribution in [0.15, 0.2) is 0 Å². The Labute approximate surface area is 115 Å². The topological polar surface area (TPSA) is 69.6 Å². The van der Waals surface area contributed by atoms with E-state index in [0.717, 1.165) is 12.8 Å². The molecule has 1 rings (SSSR count). The standard InChI is InChI=1S/C14H26N2O3/c1-10(2)14(3,4)9-15-13(19)16-8-6-5-7-11(16)12(17)18/h10-11H,5-9H2,1-4H3,(H,15,19)(H,17,18). The first-order valence-corrected chi connectivity index (χ1v) is 7.03. The molecule has 5 heteroatoms. The quantitative estimate of drug-likeness (QED) is 0.823. The lowest BCUT2D eigenvalue weighted by molar-refractivity contribution is -0.143. The van der Waals surface area contributed by atoms with Gasteiger partial charge >= 0.3 is 12.0 Å². The Hall–Kier alpha value is -1.26. The monoisotopic (exact) mass is 270 g/mol. The van der Waals surface area contributed by atoms with Crippen molar-refractivity contribution in [2.24, 2.45) is 11.3 Å². The number of carboxylic acids is 1. The first-order valence-electron chi connectivity index (χ1n) is 7.03. The molecule has 1 atom stereocenters. The fourth-order valence-corrected chi connectivity index (χ4v) is 2.04. The number of carbonyl (C=O) groups excluding carboxylic acids is 1. The number of piperidine rings is 1. The maximum Gasteiger partial charge on any atom is 0.326 e. The van der Waals surface area contributed by atoms with Crippen molar-refractivity contribution >= 4 is 12.0 Å². The summed E-state index contributed by atoms with van der Waals surface area (Å²) in [7, 11) is 0. The summed E-state index contributed by atoms with van der Waals surface area (Å²) in [6.07, 6.45) is 2.30. The summed E-state index contributed by atoms with van der Waals surface area (Å²) in [6.45, 7) is 9.53. The zero-order valence-corrected chi connectivity index (χ0v) is 12.4. The fourth-order valence-electron chi connectivity index (χ4n) is 2.04. The second-order valence-corrected chi connectivity index (χ2v) is 6.35. The molecule has 110 valence electrons. The average molecular weight is 270 g/mol. The highest BCUT2D eigenvalue weighted by atomic mass is 16.4. The molecule has 2 N–H and O–H groups in total. The van der Waals surface area contributed by atoms with Crippen molar-refractivity contribution in [2.75, 3.05) is 13.1 Å². The minimum absolute atomic E-state index is 0.00413. The van der Waals surface area contributed by atoms with Crippen LogP contribution in [0.25, 0.3) is 0 Å². The Morgan fingerprint density at radius 1 is 1.37 bits per heavy atom.